The second-order valence-corrected chi connectivity index (χ2v) is 7.34. The van der Waals surface area contributed by atoms with Crippen molar-refractivity contribution in [2.75, 3.05) is 26.2 Å². The number of rotatable bonds is 4. The predicted molar refractivity (Wildman–Crippen MR) is 83.6 cm³/mol. The molecule has 1 atom stereocenters. The Bertz CT molecular complexity index is 567. The number of nitrogens with zero attached hydrogens (tertiary/aromatic N) is 4. The zero-order valence-electron chi connectivity index (χ0n) is 13.5. The number of carbonyl (C=O) groups excluding carboxylic acids is 1. The van der Waals surface area contributed by atoms with E-state index < -0.39 is 0 Å². The van der Waals surface area contributed by atoms with E-state index in [1.165, 1.54) is 25.7 Å². The summed E-state index contributed by atoms with van der Waals surface area (Å²) in [6.45, 7) is 4.42. The second-order valence-electron chi connectivity index (χ2n) is 7.34. The topological polar surface area (TPSA) is 72.3 Å². The lowest BCUT2D eigenvalue weighted by atomic mass is 9.84. The molecule has 1 aliphatic carbocycles. The Kier molecular flexibility index (Phi) is 4.07. The van der Waals surface area contributed by atoms with Crippen LogP contribution in [0.15, 0.2) is 6.20 Å². The van der Waals surface area contributed by atoms with E-state index in [1.54, 1.807) is 0 Å². The van der Waals surface area contributed by atoms with Crippen LogP contribution in [-0.4, -0.2) is 58.1 Å². The van der Waals surface area contributed by atoms with Crippen molar-refractivity contribution in [1.82, 2.24) is 25.2 Å². The molecule has 3 aliphatic rings. The summed E-state index contributed by atoms with van der Waals surface area (Å²) >= 11 is 0. The fraction of sp³-hybridized carbons (Fsp3) is 0.812. The Hall–Kier alpha value is -1.47. The molecule has 1 N–H and O–H groups in total. The number of nitrogens with one attached hydrogen (secondary N) is 1. The number of aromatic nitrogens is 3. The van der Waals surface area contributed by atoms with Gasteiger partial charge in [0.15, 0.2) is 0 Å². The van der Waals surface area contributed by atoms with Crippen molar-refractivity contribution >= 4 is 5.91 Å². The molecule has 7 heteroatoms. The zero-order chi connectivity index (χ0) is 15.7. The van der Waals surface area contributed by atoms with Gasteiger partial charge in [0, 0.05) is 25.8 Å². The van der Waals surface area contributed by atoms with E-state index in [2.05, 4.69) is 20.5 Å². The molecule has 1 saturated carbocycles. The number of ether oxygens (including phenoxy) is 1. The third-order valence-corrected chi connectivity index (χ3v) is 5.43. The quantitative estimate of drug-likeness (QED) is 0.878. The van der Waals surface area contributed by atoms with Crippen LogP contribution in [0.1, 0.15) is 37.8 Å². The summed E-state index contributed by atoms with van der Waals surface area (Å²) in [7, 11) is 0. The molecular weight excluding hydrogens is 294 g/mol. The second kappa shape index (κ2) is 6.20. The van der Waals surface area contributed by atoms with E-state index >= 15 is 0 Å². The number of carbonyl (C=O) groups is 1. The maximum atomic E-state index is 11.4. The Morgan fingerprint density at radius 1 is 1.39 bits per heavy atom. The van der Waals surface area contributed by atoms with Crippen LogP contribution in [0.25, 0.3) is 0 Å². The first kappa shape index (κ1) is 15.1. The van der Waals surface area contributed by atoms with Crippen LogP contribution in [0.3, 0.4) is 0 Å². The molecule has 1 aromatic heterocycles. The van der Waals surface area contributed by atoms with Crippen LogP contribution in [-0.2, 0) is 22.6 Å². The van der Waals surface area contributed by atoms with Gasteiger partial charge in [-0.05, 0) is 24.7 Å². The van der Waals surface area contributed by atoms with E-state index in [9.17, 15) is 4.79 Å². The lowest BCUT2D eigenvalue weighted by molar-refractivity contribution is -0.124. The Labute approximate surface area is 136 Å². The standard InChI is InChI=1S/C16H25N5O2/c22-15-11-20(6-5-17-15)8-13-9-21(19-18-13)10-14-7-16(12-23-14)3-1-2-4-16/h9,14H,1-8,10-12H2,(H,17,22). The first-order valence-corrected chi connectivity index (χ1v) is 8.71. The van der Waals surface area contributed by atoms with Crippen molar-refractivity contribution in [1.29, 1.82) is 0 Å². The van der Waals surface area contributed by atoms with Gasteiger partial charge in [-0.25, -0.2) is 4.68 Å². The van der Waals surface area contributed by atoms with Gasteiger partial charge in [0.2, 0.25) is 5.91 Å². The summed E-state index contributed by atoms with van der Waals surface area (Å²) < 4.78 is 7.92. The SMILES string of the molecule is O=C1CN(Cc2cn(CC3CC4(CCCC4)CO3)nn2)CCN1. The van der Waals surface area contributed by atoms with Crippen molar-refractivity contribution in [3.8, 4) is 0 Å². The molecule has 1 unspecified atom stereocenters. The molecule has 0 bridgehead atoms. The molecule has 1 amide bonds. The van der Waals surface area contributed by atoms with E-state index in [0.29, 0.717) is 25.0 Å². The number of piperazine rings is 1. The van der Waals surface area contributed by atoms with Crippen LogP contribution in [0.4, 0.5) is 0 Å². The van der Waals surface area contributed by atoms with Gasteiger partial charge < -0.3 is 10.1 Å². The van der Waals surface area contributed by atoms with Crippen LogP contribution in [0, 0.1) is 5.41 Å². The zero-order valence-corrected chi connectivity index (χ0v) is 13.5. The Morgan fingerprint density at radius 2 is 2.26 bits per heavy atom. The average Bonchev–Trinajstić information content (AvgIpc) is 3.24. The minimum absolute atomic E-state index is 0.0878. The first-order chi connectivity index (χ1) is 11.2. The lowest BCUT2D eigenvalue weighted by Crippen LogP contribution is -2.47. The molecule has 0 radical (unpaired) electrons. The molecule has 1 spiro atoms. The number of hydrogen-bond acceptors (Lipinski definition) is 5. The first-order valence-electron chi connectivity index (χ1n) is 8.71. The van der Waals surface area contributed by atoms with Gasteiger partial charge in [0.25, 0.3) is 0 Å². The highest BCUT2D eigenvalue weighted by molar-refractivity contribution is 5.78. The fourth-order valence-corrected chi connectivity index (χ4v) is 4.25. The molecule has 2 aliphatic heterocycles. The van der Waals surface area contributed by atoms with E-state index in [1.807, 2.05) is 10.9 Å². The summed E-state index contributed by atoms with van der Waals surface area (Å²) in [5.74, 6) is 0.0878. The van der Waals surface area contributed by atoms with Crippen molar-refractivity contribution in [3.05, 3.63) is 11.9 Å². The molecule has 0 aromatic carbocycles. The summed E-state index contributed by atoms with van der Waals surface area (Å²) in [6.07, 6.45) is 8.78. The molecule has 2 saturated heterocycles. The highest BCUT2D eigenvalue weighted by Crippen LogP contribution is 2.46. The third-order valence-electron chi connectivity index (χ3n) is 5.43. The molecule has 7 nitrogen and oxygen atoms in total. The molecule has 3 fully saturated rings. The fourth-order valence-electron chi connectivity index (χ4n) is 4.25. The summed E-state index contributed by atoms with van der Waals surface area (Å²) in [5, 5.41) is 11.3. The van der Waals surface area contributed by atoms with Crippen LogP contribution >= 0.6 is 0 Å². The van der Waals surface area contributed by atoms with Crippen molar-refractivity contribution in [2.24, 2.45) is 5.41 Å². The molecule has 3 heterocycles. The van der Waals surface area contributed by atoms with Gasteiger partial charge in [0.05, 0.1) is 31.5 Å². The van der Waals surface area contributed by atoms with Crippen molar-refractivity contribution in [3.63, 3.8) is 0 Å². The lowest BCUT2D eigenvalue weighted by Gasteiger charge is -2.25. The highest BCUT2D eigenvalue weighted by atomic mass is 16.5. The molecule has 4 rings (SSSR count). The summed E-state index contributed by atoms with van der Waals surface area (Å²) in [4.78, 5) is 13.5. The molecular formula is C16H25N5O2. The van der Waals surface area contributed by atoms with E-state index in [4.69, 9.17) is 4.74 Å². The minimum atomic E-state index is 0.0878. The highest BCUT2D eigenvalue weighted by Gasteiger charge is 2.42. The molecule has 126 valence electrons. The monoisotopic (exact) mass is 319 g/mol. The average molecular weight is 319 g/mol. The van der Waals surface area contributed by atoms with Gasteiger partial charge >= 0.3 is 0 Å². The molecule has 23 heavy (non-hydrogen) atoms. The smallest absolute Gasteiger partial charge is 0.234 e. The van der Waals surface area contributed by atoms with Gasteiger partial charge in [-0.15, -0.1) is 5.10 Å². The summed E-state index contributed by atoms with van der Waals surface area (Å²) in [6, 6.07) is 0. The number of hydrogen-bond donors (Lipinski definition) is 1. The van der Waals surface area contributed by atoms with Gasteiger partial charge in [0.1, 0.15) is 0 Å². The van der Waals surface area contributed by atoms with E-state index in [0.717, 1.165) is 31.8 Å². The summed E-state index contributed by atoms with van der Waals surface area (Å²) in [5.41, 5.74) is 1.38. The van der Waals surface area contributed by atoms with Gasteiger partial charge in [-0.2, -0.15) is 0 Å². The number of amides is 1. The largest absolute Gasteiger partial charge is 0.376 e. The van der Waals surface area contributed by atoms with Crippen LogP contribution < -0.4 is 5.32 Å². The normalized spacial score (nSPS) is 27.7. The van der Waals surface area contributed by atoms with Crippen molar-refractivity contribution in [2.45, 2.75) is 51.3 Å². The maximum Gasteiger partial charge on any atom is 0.234 e. The maximum absolute atomic E-state index is 11.4. The van der Waals surface area contributed by atoms with Crippen LogP contribution in [0.5, 0.6) is 0 Å². The predicted octanol–water partition coefficient (Wildman–Crippen LogP) is 0.559. The Morgan fingerprint density at radius 3 is 3.09 bits per heavy atom. The minimum Gasteiger partial charge on any atom is -0.376 e. The van der Waals surface area contributed by atoms with Crippen molar-refractivity contribution < 1.29 is 9.53 Å². The van der Waals surface area contributed by atoms with Crippen LogP contribution in [0.2, 0.25) is 0 Å². The van der Waals surface area contributed by atoms with E-state index in [-0.39, 0.29) is 12.0 Å². The van der Waals surface area contributed by atoms with Gasteiger partial charge in [-0.1, -0.05) is 18.1 Å². The Balaban J connectivity index is 1.31. The molecule has 1 aromatic rings. The third kappa shape index (κ3) is 3.40. The van der Waals surface area contributed by atoms with Gasteiger partial charge in [-0.3, -0.25) is 9.69 Å².